The molecule has 2 aromatic carbocycles. The average molecular weight is 438 g/mol. The molecule has 0 saturated heterocycles. The van der Waals surface area contributed by atoms with E-state index in [0.29, 0.717) is 6.54 Å². The molecule has 31 heavy (non-hydrogen) atoms. The number of rotatable bonds is 9. The molecule has 6 nitrogen and oxygen atoms in total. The lowest BCUT2D eigenvalue weighted by Crippen LogP contribution is -2.23. The lowest BCUT2D eigenvalue weighted by Gasteiger charge is -2.23. The van der Waals surface area contributed by atoms with Crippen LogP contribution in [0.5, 0.6) is 0 Å². The first kappa shape index (κ1) is 23.0. The number of amides is 1. The Morgan fingerprint density at radius 1 is 1.13 bits per heavy atom. The highest BCUT2D eigenvalue weighted by Crippen LogP contribution is 2.26. The van der Waals surface area contributed by atoms with Crippen LogP contribution in [0.2, 0.25) is 0 Å². The molecule has 0 aliphatic rings. The molecule has 3 rings (SSSR count). The van der Waals surface area contributed by atoms with Gasteiger partial charge in [0, 0.05) is 5.69 Å². The van der Waals surface area contributed by atoms with Crippen molar-refractivity contribution in [1.82, 2.24) is 19.7 Å². The largest absolute Gasteiger partial charge is 0.325 e. The SMILES string of the molecule is CCC(c1nnc(SCC(=O)Nc2cc(C)ccc2C)n1Cc1ccccc1)N(C)C. The molecule has 7 heteroatoms. The summed E-state index contributed by atoms with van der Waals surface area (Å²) in [6, 6.07) is 16.5. The highest BCUT2D eigenvalue weighted by Gasteiger charge is 2.22. The van der Waals surface area contributed by atoms with Gasteiger partial charge in [0.15, 0.2) is 11.0 Å². The second kappa shape index (κ2) is 10.6. The van der Waals surface area contributed by atoms with Crippen LogP contribution in [-0.4, -0.2) is 45.4 Å². The second-order valence-electron chi connectivity index (χ2n) is 7.96. The van der Waals surface area contributed by atoms with Gasteiger partial charge in [-0.15, -0.1) is 10.2 Å². The molecule has 1 amide bonds. The van der Waals surface area contributed by atoms with Gasteiger partial charge in [0.2, 0.25) is 5.91 Å². The van der Waals surface area contributed by atoms with Crippen molar-refractivity contribution in [3.8, 4) is 0 Å². The van der Waals surface area contributed by atoms with E-state index in [1.165, 1.54) is 17.3 Å². The Bertz CT molecular complexity index is 1020. The van der Waals surface area contributed by atoms with Crippen LogP contribution in [0.25, 0.3) is 0 Å². The number of aryl methyl sites for hydroxylation is 2. The zero-order valence-corrected chi connectivity index (χ0v) is 19.7. The minimum atomic E-state index is -0.0471. The number of anilines is 1. The molecule has 164 valence electrons. The first-order chi connectivity index (χ1) is 14.9. The standard InChI is InChI=1S/C24H31N5OS/c1-6-21(28(4)5)23-26-27-24(29(23)15-19-10-8-7-9-11-19)31-16-22(30)25-20-14-17(2)12-13-18(20)3/h7-14,21H,6,15-16H2,1-5H3,(H,25,30). The van der Waals surface area contributed by atoms with Crippen molar-refractivity contribution in [2.75, 3.05) is 25.2 Å². The molecule has 0 bridgehead atoms. The van der Waals surface area contributed by atoms with E-state index in [9.17, 15) is 4.79 Å². The van der Waals surface area contributed by atoms with E-state index < -0.39 is 0 Å². The van der Waals surface area contributed by atoms with Crippen molar-refractivity contribution in [2.45, 2.75) is 44.9 Å². The topological polar surface area (TPSA) is 63.1 Å². The number of carbonyl (C=O) groups is 1. The van der Waals surface area contributed by atoms with E-state index in [1.807, 2.05) is 50.2 Å². The second-order valence-corrected chi connectivity index (χ2v) is 8.90. The van der Waals surface area contributed by atoms with Crippen LogP contribution in [0.3, 0.4) is 0 Å². The fraction of sp³-hybridized carbons (Fsp3) is 0.375. The van der Waals surface area contributed by atoms with Gasteiger partial charge in [-0.3, -0.25) is 9.69 Å². The molecule has 1 unspecified atom stereocenters. The first-order valence-electron chi connectivity index (χ1n) is 10.5. The summed E-state index contributed by atoms with van der Waals surface area (Å²) in [5.74, 6) is 1.15. The van der Waals surface area contributed by atoms with E-state index in [-0.39, 0.29) is 17.7 Å². The molecule has 0 radical (unpaired) electrons. The number of aromatic nitrogens is 3. The molecular weight excluding hydrogens is 406 g/mol. The Kier molecular flexibility index (Phi) is 7.87. The van der Waals surface area contributed by atoms with E-state index in [0.717, 1.165) is 34.2 Å². The van der Waals surface area contributed by atoms with Crippen LogP contribution in [-0.2, 0) is 11.3 Å². The fourth-order valence-corrected chi connectivity index (χ4v) is 4.28. The van der Waals surface area contributed by atoms with E-state index in [1.54, 1.807) is 0 Å². The van der Waals surface area contributed by atoms with Crippen LogP contribution in [0, 0.1) is 13.8 Å². The van der Waals surface area contributed by atoms with Gasteiger partial charge in [-0.05, 0) is 57.1 Å². The molecular formula is C24H31N5OS. The van der Waals surface area contributed by atoms with Crippen molar-refractivity contribution in [1.29, 1.82) is 0 Å². The minimum Gasteiger partial charge on any atom is -0.325 e. The van der Waals surface area contributed by atoms with Crippen LogP contribution in [0.1, 0.15) is 41.9 Å². The number of nitrogens with zero attached hydrogens (tertiary/aromatic N) is 4. The third-order valence-corrected chi connectivity index (χ3v) is 6.20. The maximum Gasteiger partial charge on any atom is 0.234 e. The summed E-state index contributed by atoms with van der Waals surface area (Å²) in [5, 5.41) is 12.7. The van der Waals surface area contributed by atoms with Gasteiger partial charge in [-0.2, -0.15) is 0 Å². The molecule has 1 heterocycles. The molecule has 1 atom stereocenters. The number of nitrogens with one attached hydrogen (secondary N) is 1. The number of hydrogen-bond acceptors (Lipinski definition) is 5. The highest BCUT2D eigenvalue weighted by molar-refractivity contribution is 7.99. The molecule has 0 fully saturated rings. The Balaban J connectivity index is 1.79. The molecule has 0 aliphatic carbocycles. The number of hydrogen-bond donors (Lipinski definition) is 1. The monoisotopic (exact) mass is 437 g/mol. The molecule has 1 N–H and O–H groups in total. The summed E-state index contributed by atoms with van der Waals surface area (Å²) < 4.78 is 2.14. The normalized spacial score (nSPS) is 12.2. The number of thioether (sulfide) groups is 1. The van der Waals surface area contributed by atoms with E-state index in [4.69, 9.17) is 0 Å². The van der Waals surface area contributed by atoms with Crippen molar-refractivity contribution in [3.05, 3.63) is 71.0 Å². The smallest absolute Gasteiger partial charge is 0.234 e. The Morgan fingerprint density at radius 3 is 2.55 bits per heavy atom. The maximum absolute atomic E-state index is 12.6. The van der Waals surface area contributed by atoms with Gasteiger partial charge in [0.05, 0.1) is 18.3 Å². The van der Waals surface area contributed by atoms with Gasteiger partial charge in [0.25, 0.3) is 0 Å². The van der Waals surface area contributed by atoms with Gasteiger partial charge in [-0.1, -0.05) is 61.2 Å². The minimum absolute atomic E-state index is 0.0471. The lowest BCUT2D eigenvalue weighted by atomic mass is 10.1. The van der Waals surface area contributed by atoms with E-state index in [2.05, 4.69) is 58.1 Å². The maximum atomic E-state index is 12.6. The molecule has 0 aliphatic heterocycles. The summed E-state index contributed by atoms with van der Waals surface area (Å²) in [4.78, 5) is 14.8. The van der Waals surface area contributed by atoms with E-state index >= 15 is 0 Å². The van der Waals surface area contributed by atoms with Crippen LogP contribution < -0.4 is 5.32 Å². The van der Waals surface area contributed by atoms with Gasteiger partial charge < -0.3 is 9.88 Å². The highest BCUT2D eigenvalue weighted by atomic mass is 32.2. The zero-order valence-electron chi connectivity index (χ0n) is 18.9. The lowest BCUT2D eigenvalue weighted by molar-refractivity contribution is -0.113. The first-order valence-corrected chi connectivity index (χ1v) is 11.5. The predicted molar refractivity (Wildman–Crippen MR) is 128 cm³/mol. The van der Waals surface area contributed by atoms with Crippen molar-refractivity contribution in [2.24, 2.45) is 0 Å². The molecule has 0 spiro atoms. The predicted octanol–water partition coefficient (Wildman–Crippen LogP) is 4.69. The van der Waals surface area contributed by atoms with Crippen molar-refractivity contribution in [3.63, 3.8) is 0 Å². The summed E-state index contributed by atoms with van der Waals surface area (Å²) in [6.07, 6.45) is 0.928. The van der Waals surface area contributed by atoms with Crippen LogP contribution >= 0.6 is 11.8 Å². The average Bonchev–Trinajstić information content (AvgIpc) is 3.12. The van der Waals surface area contributed by atoms with Crippen molar-refractivity contribution >= 4 is 23.4 Å². The van der Waals surface area contributed by atoms with Crippen molar-refractivity contribution < 1.29 is 4.79 Å². The Morgan fingerprint density at radius 2 is 1.87 bits per heavy atom. The van der Waals surface area contributed by atoms with Gasteiger partial charge in [0.1, 0.15) is 0 Å². The number of carbonyl (C=O) groups excluding carboxylic acids is 1. The molecule has 3 aromatic rings. The Labute approximate surface area is 189 Å². The van der Waals surface area contributed by atoms with Gasteiger partial charge in [-0.25, -0.2) is 0 Å². The summed E-state index contributed by atoms with van der Waals surface area (Å²) >= 11 is 1.42. The third-order valence-electron chi connectivity index (χ3n) is 5.24. The fourth-order valence-electron chi connectivity index (χ4n) is 3.53. The summed E-state index contributed by atoms with van der Waals surface area (Å²) in [6.45, 7) is 6.84. The third kappa shape index (κ3) is 5.95. The molecule has 1 aromatic heterocycles. The Hall–Kier alpha value is -2.64. The molecule has 0 saturated carbocycles. The summed E-state index contributed by atoms with van der Waals surface area (Å²) in [7, 11) is 4.11. The summed E-state index contributed by atoms with van der Waals surface area (Å²) in [5.41, 5.74) is 4.21. The van der Waals surface area contributed by atoms with Crippen LogP contribution in [0.4, 0.5) is 5.69 Å². The quantitative estimate of drug-likeness (QED) is 0.492. The number of benzene rings is 2. The van der Waals surface area contributed by atoms with Gasteiger partial charge >= 0.3 is 0 Å². The van der Waals surface area contributed by atoms with Crippen LogP contribution in [0.15, 0.2) is 53.7 Å². The zero-order chi connectivity index (χ0) is 22.4.